The highest BCUT2D eigenvalue weighted by atomic mass is 16.6. The SMILES string of the molecule is CC(=O)OC(C)n1cncn1. The molecule has 0 N–H and O–H groups in total. The standard InChI is InChI=1S/C6H9N3O2/c1-5(11-6(2)10)9-4-7-3-8-9/h3-5H,1-2H3. The van der Waals surface area contributed by atoms with Gasteiger partial charge in [-0.1, -0.05) is 0 Å². The van der Waals surface area contributed by atoms with Crippen molar-refractivity contribution in [2.75, 3.05) is 0 Å². The van der Waals surface area contributed by atoms with E-state index in [1.165, 1.54) is 24.3 Å². The van der Waals surface area contributed by atoms with Crippen molar-refractivity contribution in [1.82, 2.24) is 14.8 Å². The summed E-state index contributed by atoms with van der Waals surface area (Å²) in [6.45, 7) is 3.07. The molecule has 1 atom stereocenters. The summed E-state index contributed by atoms with van der Waals surface area (Å²) < 4.78 is 6.28. The predicted molar refractivity (Wildman–Crippen MR) is 36.5 cm³/mol. The minimum absolute atomic E-state index is 0.326. The number of aromatic nitrogens is 3. The van der Waals surface area contributed by atoms with Crippen molar-refractivity contribution >= 4 is 5.97 Å². The molecule has 1 heterocycles. The van der Waals surface area contributed by atoms with E-state index in [4.69, 9.17) is 4.74 Å². The van der Waals surface area contributed by atoms with Crippen molar-refractivity contribution in [1.29, 1.82) is 0 Å². The van der Waals surface area contributed by atoms with E-state index >= 15 is 0 Å². The normalized spacial score (nSPS) is 12.5. The average Bonchev–Trinajstić information content (AvgIpc) is 2.35. The summed E-state index contributed by atoms with van der Waals surface area (Å²) in [7, 11) is 0. The molecule has 5 nitrogen and oxygen atoms in total. The zero-order valence-corrected chi connectivity index (χ0v) is 6.39. The van der Waals surface area contributed by atoms with E-state index < -0.39 is 0 Å². The third-order valence-electron chi connectivity index (χ3n) is 1.15. The topological polar surface area (TPSA) is 57.0 Å². The lowest BCUT2D eigenvalue weighted by molar-refractivity contribution is -0.150. The van der Waals surface area contributed by atoms with Crippen molar-refractivity contribution in [3.8, 4) is 0 Å². The Morgan fingerprint density at radius 3 is 2.91 bits per heavy atom. The molecule has 1 aromatic rings. The minimum atomic E-state index is -0.380. The molecule has 0 aromatic carbocycles. The molecule has 0 bridgehead atoms. The second-order valence-electron chi connectivity index (χ2n) is 2.08. The molecule has 60 valence electrons. The molecule has 0 aliphatic rings. The monoisotopic (exact) mass is 155 g/mol. The van der Waals surface area contributed by atoms with Crippen LogP contribution in [0.5, 0.6) is 0 Å². The van der Waals surface area contributed by atoms with E-state index in [-0.39, 0.29) is 12.2 Å². The van der Waals surface area contributed by atoms with E-state index in [9.17, 15) is 4.79 Å². The van der Waals surface area contributed by atoms with Crippen LogP contribution in [0, 0.1) is 0 Å². The van der Waals surface area contributed by atoms with Gasteiger partial charge in [-0.3, -0.25) is 4.79 Å². The summed E-state index contributed by atoms with van der Waals surface area (Å²) in [5.41, 5.74) is 0. The fraction of sp³-hybridized carbons (Fsp3) is 0.500. The summed E-state index contributed by atoms with van der Waals surface area (Å²) in [4.78, 5) is 14.2. The maximum absolute atomic E-state index is 10.5. The first kappa shape index (κ1) is 7.71. The fourth-order valence-electron chi connectivity index (χ4n) is 0.699. The third kappa shape index (κ3) is 2.03. The van der Waals surface area contributed by atoms with Crippen LogP contribution in [0.15, 0.2) is 12.7 Å². The molecule has 1 aromatic heterocycles. The highest BCUT2D eigenvalue weighted by molar-refractivity contribution is 5.65. The Kier molecular flexibility index (Phi) is 2.20. The molecule has 0 fully saturated rings. The number of carbonyl (C=O) groups is 1. The fourth-order valence-corrected chi connectivity index (χ4v) is 0.699. The van der Waals surface area contributed by atoms with Crippen LogP contribution in [0.2, 0.25) is 0 Å². The molecule has 1 rings (SSSR count). The van der Waals surface area contributed by atoms with Gasteiger partial charge in [0.15, 0.2) is 6.23 Å². The summed E-state index contributed by atoms with van der Waals surface area (Å²) in [6, 6.07) is 0. The Labute approximate surface area is 64.0 Å². The molecule has 0 spiro atoms. The van der Waals surface area contributed by atoms with Crippen LogP contribution in [0.1, 0.15) is 20.1 Å². The molecule has 0 radical (unpaired) electrons. The Balaban J connectivity index is 2.56. The molecule has 0 aliphatic carbocycles. The van der Waals surface area contributed by atoms with Gasteiger partial charge in [-0.25, -0.2) is 9.67 Å². The van der Waals surface area contributed by atoms with Gasteiger partial charge in [0.1, 0.15) is 12.7 Å². The van der Waals surface area contributed by atoms with E-state index in [2.05, 4.69) is 10.1 Å². The number of nitrogens with zero attached hydrogens (tertiary/aromatic N) is 3. The number of hydrogen-bond donors (Lipinski definition) is 0. The molecular weight excluding hydrogens is 146 g/mol. The van der Waals surface area contributed by atoms with Crippen LogP contribution < -0.4 is 0 Å². The molecule has 1 unspecified atom stereocenters. The van der Waals surface area contributed by atoms with Gasteiger partial charge in [-0.15, -0.1) is 0 Å². The molecule has 11 heavy (non-hydrogen) atoms. The number of rotatable bonds is 2. The van der Waals surface area contributed by atoms with E-state index in [1.807, 2.05) is 0 Å². The Morgan fingerprint density at radius 1 is 1.73 bits per heavy atom. The van der Waals surface area contributed by atoms with Crippen LogP contribution in [0.4, 0.5) is 0 Å². The summed E-state index contributed by atoms with van der Waals surface area (Å²) in [6.07, 6.45) is 2.50. The smallest absolute Gasteiger partial charge is 0.304 e. The first-order valence-corrected chi connectivity index (χ1v) is 3.21. The molecule has 0 amide bonds. The zero-order chi connectivity index (χ0) is 8.27. The number of esters is 1. The Bertz CT molecular complexity index is 232. The average molecular weight is 155 g/mol. The van der Waals surface area contributed by atoms with Gasteiger partial charge < -0.3 is 4.74 Å². The maximum Gasteiger partial charge on any atom is 0.304 e. The quantitative estimate of drug-likeness (QED) is 0.578. The van der Waals surface area contributed by atoms with Crippen LogP contribution in [0.25, 0.3) is 0 Å². The van der Waals surface area contributed by atoms with Gasteiger partial charge in [0.25, 0.3) is 0 Å². The molecule has 0 aliphatic heterocycles. The van der Waals surface area contributed by atoms with E-state index in [1.54, 1.807) is 6.92 Å². The highest BCUT2D eigenvalue weighted by Crippen LogP contribution is 2.03. The first-order chi connectivity index (χ1) is 5.20. The Hall–Kier alpha value is -1.39. The summed E-state index contributed by atoms with van der Waals surface area (Å²) in [5.74, 6) is -0.326. The zero-order valence-electron chi connectivity index (χ0n) is 6.39. The van der Waals surface area contributed by atoms with Gasteiger partial charge in [0, 0.05) is 6.92 Å². The van der Waals surface area contributed by atoms with Gasteiger partial charge >= 0.3 is 5.97 Å². The van der Waals surface area contributed by atoms with Crippen LogP contribution in [-0.4, -0.2) is 20.7 Å². The number of ether oxygens (including phenoxy) is 1. The first-order valence-electron chi connectivity index (χ1n) is 3.21. The Morgan fingerprint density at radius 2 is 2.45 bits per heavy atom. The van der Waals surface area contributed by atoms with Crippen LogP contribution in [-0.2, 0) is 9.53 Å². The largest absolute Gasteiger partial charge is 0.440 e. The van der Waals surface area contributed by atoms with Gasteiger partial charge in [-0.05, 0) is 6.92 Å². The van der Waals surface area contributed by atoms with E-state index in [0.717, 1.165) is 0 Å². The van der Waals surface area contributed by atoms with Crippen molar-refractivity contribution < 1.29 is 9.53 Å². The molecule has 0 saturated carbocycles. The molecule has 5 heteroatoms. The van der Waals surface area contributed by atoms with Crippen molar-refractivity contribution in [2.45, 2.75) is 20.1 Å². The second-order valence-corrected chi connectivity index (χ2v) is 2.08. The van der Waals surface area contributed by atoms with Crippen molar-refractivity contribution in [3.05, 3.63) is 12.7 Å². The highest BCUT2D eigenvalue weighted by Gasteiger charge is 2.06. The van der Waals surface area contributed by atoms with Gasteiger partial charge in [0.2, 0.25) is 0 Å². The summed E-state index contributed by atoms with van der Waals surface area (Å²) >= 11 is 0. The lowest BCUT2D eigenvalue weighted by Gasteiger charge is -2.10. The number of hydrogen-bond acceptors (Lipinski definition) is 4. The summed E-state index contributed by atoms with van der Waals surface area (Å²) in [5, 5.41) is 3.80. The third-order valence-corrected chi connectivity index (χ3v) is 1.15. The van der Waals surface area contributed by atoms with Gasteiger partial charge in [0.05, 0.1) is 0 Å². The minimum Gasteiger partial charge on any atom is -0.440 e. The van der Waals surface area contributed by atoms with Crippen LogP contribution in [0.3, 0.4) is 0 Å². The van der Waals surface area contributed by atoms with Crippen molar-refractivity contribution in [3.63, 3.8) is 0 Å². The molecular formula is C6H9N3O2. The predicted octanol–water partition coefficient (Wildman–Crippen LogP) is 0.360. The van der Waals surface area contributed by atoms with Crippen molar-refractivity contribution in [2.24, 2.45) is 0 Å². The van der Waals surface area contributed by atoms with E-state index in [0.29, 0.717) is 0 Å². The lowest BCUT2D eigenvalue weighted by Crippen LogP contribution is -2.12. The maximum atomic E-state index is 10.5. The lowest BCUT2D eigenvalue weighted by atomic mass is 10.6. The number of carbonyl (C=O) groups excluding carboxylic acids is 1. The van der Waals surface area contributed by atoms with Gasteiger partial charge in [-0.2, -0.15) is 5.10 Å². The second kappa shape index (κ2) is 3.14. The van der Waals surface area contributed by atoms with Crippen LogP contribution >= 0.6 is 0 Å². The molecule has 0 saturated heterocycles.